The molecule has 118 valence electrons. The molecule has 1 heterocycles. The molecule has 3 N–H and O–H groups in total. The van der Waals surface area contributed by atoms with Gasteiger partial charge < -0.3 is 20.1 Å². The summed E-state index contributed by atoms with van der Waals surface area (Å²) in [6.07, 6.45) is 1.04. The van der Waals surface area contributed by atoms with E-state index in [1.165, 1.54) is 0 Å². The highest BCUT2D eigenvalue weighted by Crippen LogP contribution is 2.25. The highest BCUT2D eigenvalue weighted by atomic mass is 16.6. The van der Waals surface area contributed by atoms with Crippen LogP contribution in [0.2, 0.25) is 0 Å². The highest BCUT2D eigenvalue weighted by Gasteiger charge is 2.25. The van der Waals surface area contributed by atoms with Crippen molar-refractivity contribution in [3.63, 3.8) is 0 Å². The Morgan fingerprint density at radius 3 is 2.64 bits per heavy atom. The van der Waals surface area contributed by atoms with Crippen LogP contribution in [0.15, 0.2) is 30.5 Å². The molecule has 6 nitrogen and oxygen atoms in total. The van der Waals surface area contributed by atoms with Gasteiger partial charge in [-0.3, -0.25) is 4.79 Å². The first-order chi connectivity index (χ1) is 10.3. The van der Waals surface area contributed by atoms with Crippen LogP contribution in [0.4, 0.5) is 4.79 Å². The molecule has 6 heteroatoms. The molecular formula is C16H20N2O4. The van der Waals surface area contributed by atoms with Crippen LogP contribution in [0.5, 0.6) is 0 Å². The van der Waals surface area contributed by atoms with E-state index < -0.39 is 23.6 Å². The van der Waals surface area contributed by atoms with Crippen molar-refractivity contribution >= 4 is 23.0 Å². The average Bonchev–Trinajstić information content (AvgIpc) is 2.81. The second-order valence-corrected chi connectivity index (χ2v) is 6.06. The minimum Gasteiger partial charge on any atom is -0.481 e. The van der Waals surface area contributed by atoms with Crippen LogP contribution in [0.25, 0.3) is 10.9 Å². The number of hydrogen-bond donors (Lipinski definition) is 3. The molecule has 2 aromatic rings. The molecule has 0 saturated carbocycles. The Morgan fingerprint density at radius 2 is 2.00 bits per heavy atom. The summed E-state index contributed by atoms with van der Waals surface area (Å²) in [5.74, 6) is -1.84. The number of carboxylic acids is 1. The molecule has 0 fully saturated rings. The van der Waals surface area contributed by atoms with Gasteiger partial charge in [-0.1, -0.05) is 18.2 Å². The Morgan fingerprint density at radius 1 is 1.32 bits per heavy atom. The van der Waals surface area contributed by atoms with E-state index in [1.807, 2.05) is 24.3 Å². The Labute approximate surface area is 128 Å². The van der Waals surface area contributed by atoms with Crippen LogP contribution >= 0.6 is 0 Å². The van der Waals surface area contributed by atoms with Gasteiger partial charge in [-0.15, -0.1) is 0 Å². The fourth-order valence-electron chi connectivity index (χ4n) is 2.21. The number of nitrogens with one attached hydrogen (secondary N) is 2. The molecular weight excluding hydrogens is 284 g/mol. The second kappa shape index (κ2) is 6.09. The first-order valence-corrected chi connectivity index (χ1v) is 7.03. The maximum atomic E-state index is 11.7. The molecule has 22 heavy (non-hydrogen) atoms. The molecule has 0 bridgehead atoms. The summed E-state index contributed by atoms with van der Waals surface area (Å²) in [6, 6.07) is 7.45. The van der Waals surface area contributed by atoms with Gasteiger partial charge in [-0.2, -0.15) is 0 Å². The van der Waals surface area contributed by atoms with E-state index in [1.54, 1.807) is 27.0 Å². The number of aliphatic carboxylic acids is 1. The van der Waals surface area contributed by atoms with E-state index in [-0.39, 0.29) is 6.54 Å². The van der Waals surface area contributed by atoms with Crippen LogP contribution in [-0.2, 0) is 9.53 Å². The number of carbonyl (C=O) groups is 2. The van der Waals surface area contributed by atoms with E-state index in [9.17, 15) is 14.7 Å². The molecule has 1 aromatic carbocycles. The number of H-pyrrole nitrogens is 1. The molecule has 1 aromatic heterocycles. The zero-order valence-electron chi connectivity index (χ0n) is 12.8. The fourth-order valence-corrected chi connectivity index (χ4v) is 2.21. The van der Waals surface area contributed by atoms with Crippen molar-refractivity contribution < 1.29 is 19.4 Å². The molecule has 0 aliphatic rings. The molecule has 0 saturated heterocycles. The van der Waals surface area contributed by atoms with Crippen LogP contribution in [-0.4, -0.2) is 34.3 Å². The van der Waals surface area contributed by atoms with Gasteiger partial charge in [0.2, 0.25) is 0 Å². The highest BCUT2D eigenvalue weighted by molar-refractivity contribution is 5.89. The first-order valence-electron chi connectivity index (χ1n) is 7.03. The maximum Gasteiger partial charge on any atom is 0.407 e. The number of rotatable bonds is 4. The molecule has 0 radical (unpaired) electrons. The van der Waals surface area contributed by atoms with E-state index in [0.29, 0.717) is 5.56 Å². The van der Waals surface area contributed by atoms with E-state index in [2.05, 4.69) is 10.3 Å². The van der Waals surface area contributed by atoms with Crippen LogP contribution in [0, 0.1) is 0 Å². The summed E-state index contributed by atoms with van der Waals surface area (Å²) in [5.41, 5.74) is 0.879. The minimum atomic E-state index is -0.999. The predicted octanol–water partition coefficient (Wildman–Crippen LogP) is 2.86. The third-order valence-corrected chi connectivity index (χ3v) is 3.14. The number of amides is 1. The lowest BCUT2D eigenvalue weighted by molar-refractivity contribution is -0.138. The van der Waals surface area contributed by atoms with Gasteiger partial charge in [-0.05, 0) is 32.4 Å². The first kappa shape index (κ1) is 15.9. The Kier molecular flexibility index (Phi) is 4.40. The lowest BCUT2D eigenvalue weighted by Crippen LogP contribution is -2.36. The number of aromatic nitrogens is 1. The summed E-state index contributed by atoms with van der Waals surface area (Å²) < 4.78 is 5.12. The zero-order chi connectivity index (χ0) is 16.3. The minimum absolute atomic E-state index is 0.0356. The number of ether oxygens (including phenoxy) is 1. The van der Waals surface area contributed by atoms with Gasteiger partial charge in [0.25, 0.3) is 0 Å². The number of para-hydroxylation sites is 1. The molecule has 0 unspecified atom stereocenters. The lowest BCUT2D eigenvalue weighted by Gasteiger charge is -2.20. The standard InChI is InChI=1S/C16H20N2O4/c1-16(2,3)22-15(21)18-9-12(14(19)20)11-8-17-13-7-5-4-6-10(11)13/h4-8,12,17H,9H2,1-3H3,(H,18,21)(H,19,20)/t12-/m1/s1. The Hall–Kier alpha value is -2.50. The molecule has 0 aliphatic heterocycles. The van der Waals surface area contributed by atoms with Gasteiger partial charge in [0.1, 0.15) is 11.5 Å². The van der Waals surface area contributed by atoms with Gasteiger partial charge in [0.15, 0.2) is 0 Å². The van der Waals surface area contributed by atoms with Crippen molar-refractivity contribution in [3.05, 3.63) is 36.0 Å². The number of hydrogen-bond acceptors (Lipinski definition) is 3. The van der Waals surface area contributed by atoms with Gasteiger partial charge in [0, 0.05) is 23.6 Å². The van der Waals surface area contributed by atoms with Gasteiger partial charge in [0.05, 0.1) is 0 Å². The number of carbonyl (C=O) groups excluding carboxylic acids is 1. The molecule has 0 aliphatic carbocycles. The summed E-state index contributed by atoms with van der Waals surface area (Å²) in [5, 5.41) is 12.8. The third-order valence-electron chi connectivity index (χ3n) is 3.14. The third kappa shape index (κ3) is 3.78. The van der Waals surface area contributed by atoms with Crippen LogP contribution in [0.3, 0.4) is 0 Å². The largest absolute Gasteiger partial charge is 0.481 e. The number of aromatic amines is 1. The van der Waals surface area contributed by atoms with Crippen molar-refractivity contribution in [2.45, 2.75) is 32.3 Å². The topological polar surface area (TPSA) is 91.4 Å². The molecule has 2 rings (SSSR count). The Bertz CT molecular complexity index is 685. The lowest BCUT2D eigenvalue weighted by atomic mass is 9.98. The van der Waals surface area contributed by atoms with Gasteiger partial charge >= 0.3 is 12.1 Å². The van der Waals surface area contributed by atoms with Gasteiger partial charge in [-0.25, -0.2) is 4.79 Å². The van der Waals surface area contributed by atoms with Crippen molar-refractivity contribution in [1.29, 1.82) is 0 Å². The summed E-state index contributed by atoms with van der Waals surface area (Å²) in [4.78, 5) is 26.3. The maximum absolute atomic E-state index is 11.7. The molecule has 1 atom stereocenters. The normalized spacial score (nSPS) is 12.9. The van der Waals surface area contributed by atoms with E-state index in [0.717, 1.165) is 10.9 Å². The Balaban J connectivity index is 2.14. The SMILES string of the molecule is CC(C)(C)OC(=O)NC[C@@H](C(=O)O)c1c[nH]c2ccccc12. The van der Waals surface area contributed by atoms with Crippen LogP contribution in [0.1, 0.15) is 32.3 Å². The smallest absolute Gasteiger partial charge is 0.407 e. The zero-order valence-corrected chi connectivity index (χ0v) is 12.8. The molecule has 0 spiro atoms. The van der Waals surface area contributed by atoms with E-state index >= 15 is 0 Å². The summed E-state index contributed by atoms with van der Waals surface area (Å²) in [7, 11) is 0. The molecule has 1 amide bonds. The van der Waals surface area contributed by atoms with E-state index in [4.69, 9.17) is 4.74 Å². The number of fused-ring (bicyclic) bond motifs is 1. The quantitative estimate of drug-likeness (QED) is 0.810. The number of alkyl carbamates (subject to hydrolysis) is 1. The fraction of sp³-hybridized carbons (Fsp3) is 0.375. The average molecular weight is 304 g/mol. The predicted molar refractivity (Wildman–Crippen MR) is 82.9 cm³/mol. The second-order valence-electron chi connectivity index (χ2n) is 6.06. The van der Waals surface area contributed by atoms with Crippen molar-refractivity contribution in [3.8, 4) is 0 Å². The summed E-state index contributed by atoms with van der Waals surface area (Å²) >= 11 is 0. The summed E-state index contributed by atoms with van der Waals surface area (Å²) in [6.45, 7) is 5.22. The number of benzene rings is 1. The number of carboxylic acid groups (broad SMARTS) is 1. The van der Waals surface area contributed by atoms with Crippen molar-refractivity contribution in [2.24, 2.45) is 0 Å². The van der Waals surface area contributed by atoms with Crippen molar-refractivity contribution in [1.82, 2.24) is 10.3 Å². The monoisotopic (exact) mass is 304 g/mol. The van der Waals surface area contributed by atoms with Crippen molar-refractivity contribution in [2.75, 3.05) is 6.54 Å². The van der Waals surface area contributed by atoms with Crippen LogP contribution < -0.4 is 5.32 Å².